The molecule has 0 saturated carbocycles. The molecule has 4 heteroatoms. The van der Waals surface area contributed by atoms with Gasteiger partial charge < -0.3 is 10.3 Å². The van der Waals surface area contributed by atoms with E-state index in [2.05, 4.69) is 26.2 Å². The highest BCUT2D eigenvalue weighted by Gasteiger charge is 2.10. The highest BCUT2D eigenvalue weighted by Crippen LogP contribution is 2.20. The van der Waals surface area contributed by atoms with Gasteiger partial charge in [-0.25, -0.2) is 0 Å². The zero-order valence-corrected chi connectivity index (χ0v) is 12.5. The van der Waals surface area contributed by atoms with Crippen molar-refractivity contribution in [1.82, 2.24) is 4.98 Å². The molecule has 0 unspecified atom stereocenters. The number of hydrogen-bond donors (Lipinski definition) is 2. The maximum Gasteiger partial charge on any atom is 0.272 e. The third kappa shape index (κ3) is 2.60. The minimum absolute atomic E-state index is 0.140. The molecule has 0 bridgehead atoms. The fourth-order valence-corrected chi connectivity index (χ4v) is 2.81. The first-order valence-electron chi connectivity index (χ1n) is 6.28. The number of H-pyrrole nitrogens is 1. The van der Waals surface area contributed by atoms with E-state index in [-0.39, 0.29) is 5.91 Å². The molecule has 20 heavy (non-hydrogen) atoms. The topological polar surface area (TPSA) is 44.9 Å². The number of hydrogen-bond acceptors (Lipinski definition) is 1. The number of aromatic nitrogens is 1. The maximum absolute atomic E-state index is 12.2. The number of aryl methyl sites for hydroxylation is 1. The molecule has 0 aliphatic carbocycles. The summed E-state index contributed by atoms with van der Waals surface area (Å²) in [5.74, 6) is -0.140. The average Bonchev–Trinajstić information content (AvgIpc) is 2.81. The Hall–Kier alpha value is -2.07. The molecule has 0 saturated heterocycles. The van der Waals surface area contributed by atoms with E-state index in [4.69, 9.17) is 0 Å². The largest absolute Gasteiger partial charge is 0.351 e. The van der Waals surface area contributed by atoms with Gasteiger partial charge in [0.05, 0.1) is 0 Å². The Labute approximate surface area is 125 Å². The molecule has 0 spiro atoms. The normalized spacial score (nSPS) is 10.7. The van der Waals surface area contributed by atoms with Gasteiger partial charge in [-0.1, -0.05) is 34.1 Å². The highest BCUT2D eigenvalue weighted by molar-refractivity contribution is 9.10. The number of aromatic amines is 1. The number of para-hydroxylation sites is 1. The van der Waals surface area contributed by atoms with Gasteiger partial charge in [-0.05, 0) is 42.8 Å². The Morgan fingerprint density at radius 3 is 2.70 bits per heavy atom. The Morgan fingerprint density at radius 2 is 1.95 bits per heavy atom. The quantitative estimate of drug-likeness (QED) is 0.715. The number of fused-ring (bicyclic) bond motifs is 1. The van der Waals surface area contributed by atoms with Crippen LogP contribution in [0.5, 0.6) is 0 Å². The van der Waals surface area contributed by atoms with Gasteiger partial charge in [-0.2, -0.15) is 0 Å². The average molecular weight is 329 g/mol. The van der Waals surface area contributed by atoms with Crippen LogP contribution >= 0.6 is 15.9 Å². The lowest BCUT2D eigenvalue weighted by molar-refractivity contribution is 0.102. The van der Waals surface area contributed by atoms with Crippen LogP contribution in [-0.4, -0.2) is 10.9 Å². The molecule has 2 N–H and O–H groups in total. The van der Waals surface area contributed by atoms with E-state index in [0.717, 1.165) is 26.6 Å². The van der Waals surface area contributed by atoms with E-state index in [1.54, 1.807) is 0 Å². The van der Waals surface area contributed by atoms with Gasteiger partial charge >= 0.3 is 0 Å². The minimum Gasteiger partial charge on any atom is -0.351 e. The Bertz CT molecular complexity index is 739. The number of carbonyl (C=O) groups is 1. The van der Waals surface area contributed by atoms with Crippen molar-refractivity contribution in [2.45, 2.75) is 6.92 Å². The zero-order valence-electron chi connectivity index (χ0n) is 10.9. The van der Waals surface area contributed by atoms with Crippen molar-refractivity contribution in [3.63, 3.8) is 0 Å². The van der Waals surface area contributed by atoms with Crippen molar-refractivity contribution in [2.75, 3.05) is 5.32 Å². The van der Waals surface area contributed by atoms with Crippen LogP contribution in [0.1, 0.15) is 16.1 Å². The molecule has 3 nitrogen and oxygen atoms in total. The van der Waals surface area contributed by atoms with E-state index in [0.29, 0.717) is 5.69 Å². The van der Waals surface area contributed by atoms with Crippen LogP contribution < -0.4 is 5.32 Å². The molecule has 0 atom stereocenters. The fraction of sp³-hybridized carbons (Fsp3) is 0.0625. The van der Waals surface area contributed by atoms with Crippen LogP contribution in [0.15, 0.2) is 53.0 Å². The molecular weight excluding hydrogens is 316 g/mol. The lowest BCUT2D eigenvalue weighted by atomic mass is 10.2. The van der Waals surface area contributed by atoms with Crippen molar-refractivity contribution in [2.24, 2.45) is 0 Å². The SMILES string of the molecule is Cc1cc(Br)cc(NC(=O)c2cc3ccccc3[nH]2)c1. The first-order valence-corrected chi connectivity index (χ1v) is 7.07. The number of nitrogens with one attached hydrogen (secondary N) is 2. The highest BCUT2D eigenvalue weighted by atomic mass is 79.9. The first kappa shape index (κ1) is 12.9. The summed E-state index contributed by atoms with van der Waals surface area (Å²) < 4.78 is 0.949. The van der Waals surface area contributed by atoms with Crippen molar-refractivity contribution in [1.29, 1.82) is 0 Å². The summed E-state index contributed by atoms with van der Waals surface area (Å²) in [6, 6.07) is 15.5. The number of carbonyl (C=O) groups excluding carboxylic acids is 1. The maximum atomic E-state index is 12.2. The summed E-state index contributed by atoms with van der Waals surface area (Å²) in [7, 11) is 0. The van der Waals surface area contributed by atoms with E-state index in [1.165, 1.54) is 0 Å². The van der Waals surface area contributed by atoms with Crippen LogP contribution in [0.3, 0.4) is 0 Å². The molecule has 3 aromatic rings. The third-order valence-electron chi connectivity index (χ3n) is 3.07. The van der Waals surface area contributed by atoms with E-state index in [1.807, 2.05) is 55.5 Å². The molecule has 2 aromatic carbocycles. The number of benzene rings is 2. The molecule has 1 heterocycles. The van der Waals surface area contributed by atoms with Crippen molar-refractivity contribution >= 4 is 38.4 Å². The van der Waals surface area contributed by atoms with E-state index in [9.17, 15) is 4.79 Å². The lowest BCUT2D eigenvalue weighted by Crippen LogP contribution is -2.12. The Kier molecular flexibility index (Phi) is 3.32. The predicted molar refractivity (Wildman–Crippen MR) is 85.1 cm³/mol. The van der Waals surface area contributed by atoms with Gasteiger partial charge in [0.2, 0.25) is 0 Å². The van der Waals surface area contributed by atoms with Gasteiger partial charge in [0.15, 0.2) is 0 Å². The van der Waals surface area contributed by atoms with E-state index < -0.39 is 0 Å². The van der Waals surface area contributed by atoms with Crippen LogP contribution in [-0.2, 0) is 0 Å². The second-order valence-electron chi connectivity index (χ2n) is 4.74. The van der Waals surface area contributed by atoms with E-state index >= 15 is 0 Å². The molecule has 100 valence electrons. The van der Waals surface area contributed by atoms with Gasteiger partial charge in [-0.3, -0.25) is 4.79 Å². The number of amides is 1. The van der Waals surface area contributed by atoms with Crippen LogP contribution in [0, 0.1) is 6.92 Å². The molecule has 0 aliphatic heterocycles. The van der Waals surface area contributed by atoms with Gasteiger partial charge in [0.1, 0.15) is 5.69 Å². The van der Waals surface area contributed by atoms with Crippen LogP contribution in [0.25, 0.3) is 10.9 Å². The summed E-state index contributed by atoms with van der Waals surface area (Å²) in [6.07, 6.45) is 0. The first-order chi connectivity index (χ1) is 9.61. The molecule has 3 rings (SSSR count). The zero-order chi connectivity index (χ0) is 14.1. The molecule has 1 amide bonds. The Balaban J connectivity index is 1.88. The lowest BCUT2D eigenvalue weighted by Gasteiger charge is -2.05. The minimum atomic E-state index is -0.140. The second-order valence-corrected chi connectivity index (χ2v) is 5.66. The summed E-state index contributed by atoms with van der Waals surface area (Å²) in [4.78, 5) is 15.4. The van der Waals surface area contributed by atoms with Crippen molar-refractivity contribution in [3.8, 4) is 0 Å². The predicted octanol–water partition coefficient (Wildman–Crippen LogP) is 4.49. The summed E-state index contributed by atoms with van der Waals surface area (Å²) >= 11 is 3.43. The summed E-state index contributed by atoms with van der Waals surface area (Å²) in [5, 5.41) is 3.93. The molecular formula is C16H13BrN2O. The Morgan fingerprint density at radius 1 is 1.15 bits per heavy atom. The second kappa shape index (κ2) is 5.13. The molecule has 0 radical (unpaired) electrons. The summed E-state index contributed by atoms with van der Waals surface area (Å²) in [6.45, 7) is 1.99. The van der Waals surface area contributed by atoms with Gasteiger partial charge in [-0.15, -0.1) is 0 Å². The molecule has 0 fully saturated rings. The number of anilines is 1. The fourth-order valence-electron chi connectivity index (χ4n) is 2.20. The standard InChI is InChI=1S/C16H13BrN2O/c1-10-6-12(17)9-13(7-10)18-16(20)15-8-11-4-2-3-5-14(11)19-15/h2-9,19H,1H3,(H,18,20). The molecule has 1 aromatic heterocycles. The third-order valence-corrected chi connectivity index (χ3v) is 3.53. The van der Waals surface area contributed by atoms with Gasteiger partial charge in [0, 0.05) is 21.1 Å². The smallest absolute Gasteiger partial charge is 0.272 e. The summed E-state index contributed by atoms with van der Waals surface area (Å²) in [5.41, 5.74) is 3.39. The van der Waals surface area contributed by atoms with Crippen molar-refractivity contribution < 1.29 is 4.79 Å². The van der Waals surface area contributed by atoms with Crippen LogP contribution in [0.4, 0.5) is 5.69 Å². The number of rotatable bonds is 2. The van der Waals surface area contributed by atoms with Gasteiger partial charge in [0.25, 0.3) is 5.91 Å². The monoisotopic (exact) mass is 328 g/mol. The molecule has 0 aliphatic rings. The number of halogens is 1. The van der Waals surface area contributed by atoms with Crippen LogP contribution in [0.2, 0.25) is 0 Å². The van der Waals surface area contributed by atoms with Crippen molar-refractivity contribution in [3.05, 3.63) is 64.3 Å².